The fraction of sp³-hybridized carbons (Fsp3) is 0.364. The number of halogens is 1. The number of hydrogen-bond donors (Lipinski definition) is 0. The lowest BCUT2D eigenvalue weighted by molar-refractivity contribution is 0.0510. The number of carbonyl (C=O) groups is 1. The van der Waals surface area contributed by atoms with Crippen LogP contribution in [0.1, 0.15) is 17.5 Å². The number of nitrogens with zero attached hydrogens (tertiary/aromatic N) is 4. The molecule has 2 aromatic heterocycles. The van der Waals surface area contributed by atoms with Gasteiger partial charge in [-0.25, -0.2) is 14.3 Å². The van der Waals surface area contributed by atoms with Crippen molar-refractivity contribution in [2.24, 2.45) is 0 Å². The molecule has 0 aliphatic rings. The summed E-state index contributed by atoms with van der Waals surface area (Å²) in [5.74, 6) is -0.934. The van der Waals surface area contributed by atoms with Crippen LogP contribution in [0.4, 0.5) is 10.2 Å². The molecule has 0 radical (unpaired) electrons. The van der Waals surface area contributed by atoms with E-state index in [2.05, 4.69) is 10.1 Å². The SMILES string of the molecule is CCOC(=O)c1nc(N(C)C)c2ccc(F)n2n1. The molecule has 0 amide bonds. The highest BCUT2D eigenvalue weighted by Gasteiger charge is 2.18. The quantitative estimate of drug-likeness (QED) is 0.766. The minimum absolute atomic E-state index is 0.164. The summed E-state index contributed by atoms with van der Waals surface area (Å²) in [6.45, 7) is 1.89. The Bertz CT molecular complexity index is 594. The monoisotopic (exact) mass is 252 g/mol. The summed E-state index contributed by atoms with van der Waals surface area (Å²) in [6.07, 6.45) is 0. The minimum Gasteiger partial charge on any atom is -0.460 e. The second kappa shape index (κ2) is 4.59. The highest BCUT2D eigenvalue weighted by molar-refractivity contribution is 5.86. The van der Waals surface area contributed by atoms with Crippen LogP contribution in [0.2, 0.25) is 0 Å². The normalized spacial score (nSPS) is 10.7. The smallest absolute Gasteiger partial charge is 0.378 e. The van der Waals surface area contributed by atoms with E-state index in [0.29, 0.717) is 11.3 Å². The molecule has 0 N–H and O–H groups in total. The van der Waals surface area contributed by atoms with Gasteiger partial charge in [-0.3, -0.25) is 0 Å². The lowest BCUT2D eigenvalue weighted by atomic mass is 10.4. The second-order valence-electron chi connectivity index (χ2n) is 3.83. The zero-order chi connectivity index (χ0) is 13.3. The van der Waals surface area contributed by atoms with Crippen molar-refractivity contribution in [3.63, 3.8) is 0 Å². The van der Waals surface area contributed by atoms with Crippen LogP contribution in [-0.2, 0) is 4.74 Å². The molecule has 0 aliphatic carbocycles. The van der Waals surface area contributed by atoms with Crippen LogP contribution >= 0.6 is 0 Å². The third-order valence-corrected chi connectivity index (χ3v) is 2.33. The Morgan fingerprint density at radius 2 is 2.22 bits per heavy atom. The summed E-state index contributed by atoms with van der Waals surface area (Å²) in [5.41, 5.74) is 0.491. The second-order valence-corrected chi connectivity index (χ2v) is 3.83. The van der Waals surface area contributed by atoms with E-state index in [1.165, 1.54) is 6.07 Å². The van der Waals surface area contributed by atoms with Gasteiger partial charge in [-0.05, 0) is 19.1 Å². The van der Waals surface area contributed by atoms with Crippen LogP contribution in [0, 0.1) is 5.95 Å². The van der Waals surface area contributed by atoms with E-state index in [9.17, 15) is 9.18 Å². The Morgan fingerprint density at radius 1 is 1.50 bits per heavy atom. The van der Waals surface area contributed by atoms with Crippen LogP contribution in [-0.4, -0.2) is 41.3 Å². The summed E-state index contributed by atoms with van der Waals surface area (Å²) in [4.78, 5) is 17.4. The summed E-state index contributed by atoms with van der Waals surface area (Å²) in [6, 6.07) is 2.82. The molecule has 2 rings (SSSR count). The predicted molar refractivity (Wildman–Crippen MR) is 63.2 cm³/mol. The van der Waals surface area contributed by atoms with Crippen molar-refractivity contribution in [2.75, 3.05) is 25.6 Å². The lowest BCUT2D eigenvalue weighted by Gasteiger charge is -2.13. The Labute approximate surface area is 103 Å². The van der Waals surface area contributed by atoms with Gasteiger partial charge in [-0.15, -0.1) is 5.10 Å². The Morgan fingerprint density at radius 3 is 2.83 bits per heavy atom. The third kappa shape index (κ3) is 1.99. The summed E-state index contributed by atoms with van der Waals surface area (Å²) >= 11 is 0. The first-order valence-electron chi connectivity index (χ1n) is 5.44. The molecule has 96 valence electrons. The lowest BCUT2D eigenvalue weighted by Crippen LogP contribution is -2.19. The molecule has 6 nitrogen and oxygen atoms in total. The van der Waals surface area contributed by atoms with Crippen molar-refractivity contribution >= 4 is 17.3 Å². The van der Waals surface area contributed by atoms with E-state index in [1.54, 1.807) is 32.0 Å². The van der Waals surface area contributed by atoms with Gasteiger partial charge in [0.2, 0.25) is 5.95 Å². The molecule has 2 heterocycles. The van der Waals surface area contributed by atoms with Gasteiger partial charge in [0.15, 0.2) is 5.82 Å². The van der Waals surface area contributed by atoms with Gasteiger partial charge < -0.3 is 9.64 Å². The highest BCUT2D eigenvalue weighted by atomic mass is 19.1. The maximum atomic E-state index is 13.5. The van der Waals surface area contributed by atoms with E-state index in [4.69, 9.17) is 4.74 Å². The van der Waals surface area contributed by atoms with Gasteiger partial charge in [-0.1, -0.05) is 0 Å². The van der Waals surface area contributed by atoms with Crippen molar-refractivity contribution < 1.29 is 13.9 Å². The van der Waals surface area contributed by atoms with Gasteiger partial charge >= 0.3 is 5.97 Å². The number of aromatic nitrogens is 3. The van der Waals surface area contributed by atoms with Crippen LogP contribution in [0.15, 0.2) is 12.1 Å². The molecule has 0 atom stereocenters. The van der Waals surface area contributed by atoms with E-state index < -0.39 is 11.9 Å². The highest BCUT2D eigenvalue weighted by Crippen LogP contribution is 2.18. The molecule has 0 aromatic carbocycles. The molecule has 7 heteroatoms. The van der Waals surface area contributed by atoms with E-state index >= 15 is 0 Å². The molecule has 0 saturated heterocycles. The van der Waals surface area contributed by atoms with Gasteiger partial charge in [0.05, 0.1) is 6.61 Å². The van der Waals surface area contributed by atoms with E-state index in [-0.39, 0.29) is 12.4 Å². The number of fused-ring (bicyclic) bond motifs is 1. The van der Waals surface area contributed by atoms with Crippen molar-refractivity contribution in [3.8, 4) is 0 Å². The summed E-state index contributed by atoms with van der Waals surface area (Å²) < 4.78 is 19.4. The van der Waals surface area contributed by atoms with Gasteiger partial charge in [0, 0.05) is 14.1 Å². The van der Waals surface area contributed by atoms with E-state index in [0.717, 1.165) is 4.52 Å². The fourth-order valence-electron chi connectivity index (χ4n) is 1.56. The zero-order valence-electron chi connectivity index (χ0n) is 10.3. The number of carbonyl (C=O) groups excluding carboxylic acids is 1. The minimum atomic E-state index is -0.671. The number of esters is 1. The molecule has 0 fully saturated rings. The molecule has 2 aromatic rings. The fourth-order valence-corrected chi connectivity index (χ4v) is 1.56. The number of hydrogen-bond acceptors (Lipinski definition) is 5. The summed E-state index contributed by atoms with van der Waals surface area (Å²) in [7, 11) is 3.50. The van der Waals surface area contributed by atoms with Crippen LogP contribution in [0.5, 0.6) is 0 Å². The maximum absolute atomic E-state index is 13.5. The first kappa shape index (κ1) is 12.3. The molecule has 0 saturated carbocycles. The first-order chi connectivity index (χ1) is 8.54. The molecule has 0 unspecified atom stereocenters. The summed E-state index contributed by atoms with van der Waals surface area (Å²) in [5, 5.41) is 3.83. The van der Waals surface area contributed by atoms with Crippen molar-refractivity contribution in [3.05, 3.63) is 23.9 Å². The van der Waals surface area contributed by atoms with Crippen LogP contribution in [0.25, 0.3) is 5.52 Å². The van der Waals surface area contributed by atoms with Crippen LogP contribution in [0.3, 0.4) is 0 Å². The molecular weight excluding hydrogens is 239 g/mol. The Kier molecular flexibility index (Phi) is 3.14. The number of rotatable bonds is 3. The van der Waals surface area contributed by atoms with Gasteiger partial charge in [0.25, 0.3) is 5.82 Å². The van der Waals surface area contributed by atoms with Crippen molar-refractivity contribution in [2.45, 2.75) is 6.92 Å². The van der Waals surface area contributed by atoms with Gasteiger partial charge in [0.1, 0.15) is 5.52 Å². The zero-order valence-corrected chi connectivity index (χ0v) is 10.3. The average Bonchev–Trinajstić information content (AvgIpc) is 2.70. The molecule has 0 bridgehead atoms. The Balaban J connectivity index is 2.62. The number of anilines is 1. The van der Waals surface area contributed by atoms with Crippen molar-refractivity contribution in [1.82, 2.24) is 14.6 Å². The maximum Gasteiger partial charge on any atom is 0.378 e. The molecule has 0 aliphatic heterocycles. The standard InChI is InChI=1S/C11H13FN4O2/c1-4-18-11(17)9-13-10(15(2)3)7-5-6-8(12)16(7)14-9/h5-6H,4H2,1-3H3. The van der Waals surface area contributed by atoms with Crippen molar-refractivity contribution in [1.29, 1.82) is 0 Å². The van der Waals surface area contributed by atoms with E-state index in [1.807, 2.05) is 0 Å². The predicted octanol–water partition coefficient (Wildman–Crippen LogP) is 1.11. The topological polar surface area (TPSA) is 59.7 Å². The number of ether oxygens (including phenoxy) is 1. The Hall–Kier alpha value is -2.18. The third-order valence-electron chi connectivity index (χ3n) is 2.33. The average molecular weight is 252 g/mol. The first-order valence-corrected chi connectivity index (χ1v) is 5.44. The van der Waals surface area contributed by atoms with Crippen LogP contribution < -0.4 is 4.90 Å². The van der Waals surface area contributed by atoms with Gasteiger partial charge in [-0.2, -0.15) is 4.39 Å². The molecular formula is C11H13FN4O2. The molecule has 18 heavy (non-hydrogen) atoms. The largest absolute Gasteiger partial charge is 0.460 e. The molecule has 0 spiro atoms.